The molecule has 0 spiro atoms. The highest BCUT2D eigenvalue weighted by Gasteiger charge is 2.28. The predicted molar refractivity (Wildman–Crippen MR) is 77.9 cm³/mol. The van der Waals surface area contributed by atoms with Crippen molar-refractivity contribution in [2.45, 2.75) is 25.9 Å². The molecular formula is C16H19FN2O2. The fourth-order valence-electron chi connectivity index (χ4n) is 2.51. The summed E-state index contributed by atoms with van der Waals surface area (Å²) >= 11 is 0. The van der Waals surface area contributed by atoms with E-state index in [0.717, 1.165) is 6.54 Å². The Balaban J connectivity index is 2.13. The van der Waals surface area contributed by atoms with E-state index in [2.05, 4.69) is 17.2 Å². The number of piperazine rings is 1. The van der Waals surface area contributed by atoms with Crippen LogP contribution in [0.4, 0.5) is 4.39 Å². The maximum atomic E-state index is 14.1. The second kappa shape index (κ2) is 7.21. The van der Waals surface area contributed by atoms with Gasteiger partial charge in [0.2, 0.25) is 5.91 Å². The summed E-state index contributed by atoms with van der Waals surface area (Å²) in [5.74, 6) is 4.84. The molecule has 1 atom stereocenters. The van der Waals surface area contributed by atoms with Crippen molar-refractivity contribution in [2.75, 3.05) is 19.7 Å². The molecule has 0 bridgehead atoms. The van der Waals surface area contributed by atoms with Crippen molar-refractivity contribution in [3.05, 3.63) is 35.1 Å². The summed E-state index contributed by atoms with van der Waals surface area (Å²) in [5, 5.41) is 11.5. The summed E-state index contributed by atoms with van der Waals surface area (Å²) in [6.07, 6.45) is 0.702. The minimum atomic E-state index is -0.333. The van der Waals surface area contributed by atoms with E-state index in [4.69, 9.17) is 5.11 Å². The fraction of sp³-hybridized carbons (Fsp3) is 0.438. The maximum absolute atomic E-state index is 14.1. The average Bonchev–Trinajstić information content (AvgIpc) is 2.48. The Hall–Kier alpha value is -1.90. The number of amides is 1. The molecule has 1 aromatic rings. The van der Waals surface area contributed by atoms with E-state index in [1.54, 1.807) is 12.1 Å². The quantitative estimate of drug-likeness (QED) is 0.813. The highest BCUT2D eigenvalue weighted by atomic mass is 19.1. The van der Waals surface area contributed by atoms with Gasteiger partial charge in [-0.15, -0.1) is 0 Å². The molecule has 2 N–H and O–H groups in total. The van der Waals surface area contributed by atoms with E-state index in [1.807, 2.05) is 11.8 Å². The highest BCUT2D eigenvalue weighted by molar-refractivity contribution is 5.82. The van der Waals surface area contributed by atoms with Crippen molar-refractivity contribution >= 4 is 5.91 Å². The van der Waals surface area contributed by atoms with Crippen LogP contribution >= 0.6 is 0 Å². The third-order valence-corrected chi connectivity index (χ3v) is 3.57. The molecule has 1 amide bonds. The number of hydrogen-bond acceptors (Lipinski definition) is 3. The van der Waals surface area contributed by atoms with Crippen LogP contribution in [-0.4, -0.2) is 41.7 Å². The summed E-state index contributed by atoms with van der Waals surface area (Å²) in [6.45, 7) is 3.43. The molecule has 0 aliphatic carbocycles. The van der Waals surface area contributed by atoms with Crippen LogP contribution in [-0.2, 0) is 11.3 Å². The second-order valence-corrected chi connectivity index (χ2v) is 4.95. The normalized spacial score (nSPS) is 18.8. The smallest absolute Gasteiger partial charge is 0.237 e. The van der Waals surface area contributed by atoms with E-state index in [9.17, 15) is 9.18 Å². The summed E-state index contributed by atoms with van der Waals surface area (Å²) in [7, 11) is 0. The molecule has 112 valence electrons. The molecular weight excluding hydrogens is 271 g/mol. The van der Waals surface area contributed by atoms with Crippen molar-refractivity contribution in [1.29, 1.82) is 0 Å². The number of nitrogens with one attached hydrogen (secondary N) is 1. The van der Waals surface area contributed by atoms with Gasteiger partial charge in [0.1, 0.15) is 12.4 Å². The van der Waals surface area contributed by atoms with Crippen LogP contribution in [0.15, 0.2) is 18.2 Å². The summed E-state index contributed by atoms with van der Waals surface area (Å²) < 4.78 is 14.1. The van der Waals surface area contributed by atoms with Gasteiger partial charge in [-0.1, -0.05) is 24.8 Å². The molecule has 2 rings (SSSR count). The zero-order chi connectivity index (χ0) is 15.2. The van der Waals surface area contributed by atoms with Gasteiger partial charge in [-0.3, -0.25) is 9.69 Å². The van der Waals surface area contributed by atoms with E-state index >= 15 is 0 Å². The molecule has 0 saturated carbocycles. The van der Waals surface area contributed by atoms with Gasteiger partial charge in [0, 0.05) is 30.8 Å². The molecule has 5 heteroatoms. The highest BCUT2D eigenvalue weighted by Crippen LogP contribution is 2.17. The number of hydrogen-bond donors (Lipinski definition) is 2. The SMILES string of the molecule is CCC1C(=O)NCCN1Cc1ccc(C#CCO)cc1F. The number of carbonyl (C=O) groups excluding carboxylic acids is 1. The molecule has 1 fully saturated rings. The largest absolute Gasteiger partial charge is 0.384 e. The molecule has 0 radical (unpaired) electrons. The first kappa shape index (κ1) is 15.5. The third kappa shape index (κ3) is 3.81. The van der Waals surface area contributed by atoms with E-state index < -0.39 is 0 Å². The van der Waals surface area contributed by atoms with Gasteiger partial charge < -0.3 is 10.4 Å². The van der Waals surface area contributed by atoms with Crippen LogP contribution in [0.1, 0.15) is 24.5 Å². The monoisotopic (exact) mass is 290 g/mol. The minimum absolute atomic E-state index is 0.00888. The van der Waals surface area contributed by atoms with Crippen LogP contribution in [0, 0.1) is 17.7 Å². The van der Waals surface area contributed by atoms with Crippen molar-refractivity contribution in [2.24, 2.45) is 0 Å². The van der Waals surface area contributed by atoms with E-state index in [-0.39, 0.29) is 24.4 Å². The zero-order valence-corrected chi connectivity index (χ0v) is 12.0. The van der Waals surface area contributed by atoms with Crippen LogP contribution in [0.25, 0.3) is 0 Å². The second-order valence-electron chi connectivity index (χ2n) is 4.95. The summed E-state index contributed by atoms with van der Waals surface area (Å²) in [4.78, 5) is 13.8. The van der Waals surface area contributed by atoms with Gasteiger partial charge in [0.25, 0.3) is 0 Å². The first-order chi connectivity index (χ1) is 10.2. The van der Waals surface area contributed by atoms with E-state index in [0.29, 0.717) is 30.6 Å². The average molecular weight is 290 g/mol. The van der Waals surface area contributed by atoms with Gasteiger partial charge >= 0.3 is 0 Å². The molecule has 1 aliphatic heterocycles. The van der Waals surface area contributed by atoms with Crippen LogP contribution in [0.5, 0.6) is 0 Å². The van der Waals surface area contributed by atoms with Crippen molar-refractivity contribution in [3.63, 3.8) is 0 Å². The molecule has 21 heavy (non-hydrogen) atoms. The lowest BCUT2D eigenvalue weighted by atomic mass is 10.1. The van der Waals surface area contributed by atoms with Crippen LogP contribution in [0.2, 0.25) is 0 Å². The number of rotatable bonds is 3. The lowest BCUT2D eigenvalue weighted by Gasteiger charge is -2.34. The lowest BCUT2D eigenvalue weighted by Crippen LogP contribution is -2.54. The molecule has 1 aromatic carbocycles. The van der Waals surface area contributed by atoms with Crippen molar-refractivity contribution in [3.8, 4) is 11.8 Å². The molecule has 4 nitrogen and oxygen atoms in total. The summed E-state index contributed by atoms with van der Waals surface area (Å²) in [6, 6.07) is 4.58. The number of nitrogens with zero attached hydrogens (tertiary/aromatic N) is 1. The van der Waals surface area contributed by atoms with Gasteiger partial charge in [-0.25, -0.2) is 4.39 Å². The number of aliphatic hydroxyl groups is 1. The van der Waals surface area contributed by atoms with Crippen LogP contribution in [0.3, 0.4) is 0 Å². The number of carbonyl (C=O) groups is 1. The first-order valence-electron chi connectivity index (χ1n) is 7.05. The Morgan fingerprint density at radius 3 is 3.00 bits per heavy atom. The third-order valence-electron chi connectivity index (χ3n) is 3.57. The Labute approximate surface area is 124 Å². The molecule has 1 heterocycles. The minimum Gasteiger partial charge on any atom is -0.384 e. The Bertz CT molecular complexity index is 577. The Morgan fingerprint density at radius 2 is 2.33 bits per heavy atom. The molecule has 1 aliphatic rings. The first-order valence-corrected chi connectivity index (χ1v) is 7.05. The molecule has 1 saturated heterocycles. The van der Waals surface area contributed by atoms with Crippen molar-refractivity contribution < 1.29 is 14.3 Å². The van der Waals surface area contributed by atoms with Gasteiger partial charge in [0.05, 0.1) is 6.04 Å². The van der Waals surface area contributed by atoms with Crippen LogP contribution < -0.4 is 5.32 Å². The van der Waals surface area contributed by atoms with Gasteiger partial charge in [0.15, 0.2) is 0 Å². The number of benzene rings is 1. The van der Waals surface area contributed by atoms with Crippen molar-refractivity contribution in [1.82, 2.24) is 10.2 Å². The van der Waals surface area contributed by atoms with Gasteiger partial charge in [-0.2, -0.15) is 0 Å². The predicted octanol–water partition coefficient (Wildman–Crippen LogP) is 0.880. The fourth-order valence-corrected chi connectivity index (χ4v) is 2.51. The standard InChI is InChI=1S/C16H19FN2O2/c1-2-15-16(21)18-7-8-19(15)11-13-6-5-12(4-3-9-20)10-14(13)17/h5-6,10,15,20H,2,7-9,11H2,1H3,(H,18,21). The Kier molecular flexibility index (Phi) is 5.32. The summed E-state index contributed by atoms with van der Waals surface area (Å²) in [5.41, 5.74) is 1.09. The Morgan fingerprint density at radius 1 is 1.52 bits per heavy atom. The number of aliphatic hydroxyl groups excluding tert-OH is 1. The topological polar surface area (TPSA) is 52.6 Å². The lowest BCUT2D eigenvalue weighted by molar-refractivity contribution is -0.129. The zero-order valence-electron chi connectivity index (χ0n) is 12.0. The maximum Gasteiger partial charge on any atom is 0.237 e. The number of halogens is 1. The van der Waals surface area contributed by atoms with Gasteiger partial charge in [-0.05, 0) is 18.6 Å². The molecule has 1 unspecified atom stereocenters. The molecule has 0 aromatic heterocycles. The van der Waals surface area contributed by atoms with E-state index in [1.165, 1.54) is 6.07 Å².